The second-order valence-corrected chi connectivity index (χ2v) is 6.77. The molecule has 0 saturated carbocycles. The third kappa shape index (κ3) is 3.48. The number of hydrogen-bond acceptors (Lipinski definition) is 5. The highest BCUT2D eigenvalue weighted by molar-refractivity contribution is 5.98. The molecule has 0 aliphatic carbocycles. The summed E-state index contributed by atoms with van der Waals surface area (Å²) < 4.78 is 11.1. The molecule has 0 spiro atoms. The van der Waals surface area contributed by atoms with Gasteiger partial charge in [-0.2, -0.15) is 0 Å². The molecule has 2 aliphatic rings. The van der Waals surface area contributed by atoms with Crippen molar-refractivity contribution in [2.24, 2.45) is 11.8 Å². The summed E-state index contributed by atoms with van der Waals surface area (Å²) in [6.07, 6.45) is 6.27. The largest absolute Gasteiger partial charge is 0.495 e. The zero-order chi connectivity index (χ0) is 19.5. The highest BCUT2D eigenvalue weighted by Crippen LogP contribution is 2.40. The van der Waals surface area contributed by atoms with Gasteiger partial charge in [-0.05, 0) is 23.8 Å². The molecule has 4 rings (SSSR count). The molecule has 3 heterocycles. The smallest absolute Gasteiger partial charge is 0.231 e. The zero-order valence-electron chi connectivity index (χ0n) is 15.4. The molecular formula is C21H21N3O4. The van der Waals surface area contributed by atoms with Gasteiger partial charge in [0.05, 0.1) is 36.8 Å². The fraction of sp³-hybridized carbons (Fsp3) is 0.286. The van der Waals surface area contributed by atoms with Crippen molar-refractivity contribution in [1.82, 2.24) is 10.3 Å². The van der Waals surface area contributed by atoms with Crippen LogP contribution in [0, 0.1) is 11.8 Å². The zero-order valence-corrected chi connectivity index (χ0v) is 15.4. The molecule has 2 amide bonds. The van der Waals surface area contributed by atoms with Gasteiger partial charge in [-0.1, -0.05) is 30.4 Å². The van der Waals surface area contributed by atoms with Crippen LogP contribution >= 0.6 is 0 Å². The van der Waals surface area contributed by atoms with E-state index in [-0.39, 0.29) is 11.8 Å². The van der Waals surface area contributed by atoms with E-state index >= 15 is 0 Å². The molecule has 2 N–H and O–H groups in total. The maximum absolute atomic E-state index is 13.0. The van der Waals surface area contributed by atoms with Crippen LogP contribution in [-0.4, -0.2) is 36.1 Å². The number of rotatable bonds is 6. The van der Waals surface area contributed by atoms with Gasteiger partial charge in [0.15, 0.2) is 0 Å². The minimum Gasteiger partial charge on any atom is -0.495 e. The monoisotopic (exact) mass is 379 g/mol. The first-order valence-corrected chi connectivity index (χ1v) is 9.11. The molecule has 0 radical (unpaired) electrons. The number of para-hydroxylation sites is 2. The number of ether oxygens (including phenoxy) is 2. The number of pyridine rings is 1. The van der Waals surface area contributed by atoms with Gasteiger partial charge in [0, 0.05) is 18.9 Å². The SMILES string of the molecule is COc1ccccc1NC(=O)C1C2C=CC(O2)C1C(=O)NCc1cccnc1. The second-order valence-electron chi connectivity index (χ2n) is 6.77. The molecule has 1 aromatic carbocycles. The van der Waals surface area contributed by atoms with Gasteiger partial charge in [-0.25, -0.2) is 0 Å². The number of carbonyl (C=O) groups is 2. The van der Waals surface area contributed by atoms with Crippen LogP contribution in [0.15, 0.2) is 60.9 Å². The van der Waals surface area contributed by atoms with Crippen LogP contribution in [0.2, 0.25) is 0 Å². The Kier molecular flexibility index (Phi) is 5.08. The number of fused-ring (bicyclic) bond motifs is 2. The van der Waals surface area contributed by atoms with Gasteiger partial charge in [0.25, 0.3) is 0 Å². The van der Waals surface area contributed by atoms with Crippen molar-refractivity contribution in [2.75, 3.05) is 12.4 Å². The van der Waals surface area contributed by atoms with E-state index in [0.29, 0.717) is 18.0 Å². The third-order valence-corrected chi connectivity index (χ3v) is 5.06. The average Bonchev–Trinajstić information content (AvgIpc) is 3.35. The Labute approximate surface area is 162 Å². The Morgan fingerprint density at radius 2 is 1.82 bits per heavy atom. The van der Waals surface area contributed by atoms with Crippen molar-refractivity contribution in [1.29, 1.82) is 0 Å². The first kappa shape index (κ1) is 18.2. The summed E-state index contributed by atoms with van der Waals surface area (Å²) in [6.45, 7) is 0.352. The van der Waals surface area contributed by atoms with E-state index in [9.17, 15) is 9.59 Å². The van der Waals surface area contributed by atoms with E-state index in [2.05, 4.69) is 15.6 Å². The van der Waals surface area contributed by atoms with Gasteiger partial charge < -0.3 is 20.1 Å². The number of aromatic nitrogens is 1. The summed E-state index contributed by atoms with van der Waals surface area (Å²) in [6, 6.07) is 10.9. The summed E-state index contributed by atoms with van der Waals surface area (Å²) in [7, 11) is 1.54. The summed E-state index contributed by atoms with van der Waals surface area (Å²) in [5.74, 6) is -1.09. The molecule has 1 saturated heterocycles. The van der Waals surface area contributed by atoms with E-state index in [0.717, 1.165) is 5.56 Å². The van der Waals surface area contributed by atoms with Gasteiger partial charge in [-0.15, -0.1) is 0 Å². The van der Waals surface area contributed by atoms with E-state index in [1.165, 1.54) is 0 Å². The molecule has 7 heteroatoms. The molecule has 4 unspecified atom stereocenters. The van der Waals surface area contributed by atoms with Crippen molar-refractivity contribution < 1.29 is 19.1 Å². The average molecular weight is 379 g/mol. The first-order valence-electron chi connectivity index (χ1n) is 9.11. The lowest BCUT2D eigenvalue weighted by molar-refractivity contribution is -0.131. The summed E-state index contributed by atoms with van der Waals surface area (Å²) in [5.41, 5.74) is 1.46. The van der Waals surface area contributed by atoms with Crippen LogP contribution in [-0.2, 0) is 20.9 Å². The third-order valence-electron chi connectivity index (χ3n) is 5.06. The highest BCUT2D eigenvalue weighted by Gasteiger charge is 2.52. The van der Waals surface area contributed by atoms with Crippen molar-refractivity contribution in [3.05, 3.63) is 66.5 Å². The second kappa shape index (κ2) is 7.82. The number of nitrogens with zero attached hydrogens (tertiary/aromatic N) is 1. The van der Waals surface area contributed by atoms with Gasteiger partial charge in [0.1, 0.15) is 5.75 Å². The first-order chi connectivity index (χ1) is 13.7. The van der Waals surface area contributed by atoms with Crippen LogP contribution in [0.1, 0.15) is 5.56 Å². The maximum atomic E-state index is 13.0. The normalized spacial score (nSPS) is 24.8. The molecule has 2 aromatic rings. The van der Waals surface area contributed by atoms with Gasteiger partial charge in [-0.3, -0.25) is 14.6 Å². The molecule has 2 bridgehead atoms. The van der Waals surface area contributed by atoms with Crippen LogP contribution < -0.4 is 15.4 Å². The molecule has 2 aliphatic heterocycles. The quantitative estimate of drug-likeness (QED) is 0.749. The number of carbonyl (C=O) groups excluding carboxylic acids is 2. The number of amides is 2. The van der Waals surface area contributed by atoms with Crippen molar-refractivity contribution in [2.45, 2.75) is 18.8 Å². The number of nitrogens with one attached hydrogen (secondary N) is 2. The Balaban J connectivity index is 1.48. The molecule has 1 aromatic heterocycles. The minimum absolute atomic E-state index is 0.208. The Hall–Kier alpha value is -3.19. The highest BCUT2D eigenvalue weighted by atomic mass is 16.5. The molecule has 4 atom stereocenters. The number of anilines is 1. The summed E-state index contributed by atoms with van der Waals surface area (Å²) in [4.78, 5) is 29.9. The number of methoxy groups -OCH3 is 1. The molecule has 1 fully saturated rings. The lowest BCUT2D eigenvalue weighted by atomic mass is 9.81. The lowest BCUT2D eigenvalue weighted by Gasteiger charge is -2.24. The van der Waals surface area contributed by atoms with Crippen LogP contribution in [0.5, 0.6) is 5.75 Å². The summed E-state index contributed by atoms with van der Waals surface area (Å²) >= 11 is 0. The maximum Gasteiger partial charge on any atom is 0.231 e. The van der Waals surface area contributed by atoms with Crippen LogP contribution in [0.4, 0.5) is 5.69 Å². The van der Waals surface area contributed by atoms with Crippen molar-refractivity contribution in [3.8, 4) is 5.75 Å². The standard InChI is InChI=1S/C21H21N3O4/c1-27-15-7-3-2-6-14(15)24-21(26)19-17-9-8-16(28-17)18(19)20(25)23-12-13-5-4-10-22-11-13/h2-11,16-19H,12H2,1H3,(H,23,25)(H,24,26). The fourth-order valence-corrected chi connectivity index (χ4v) is 3.71. The number of benzene rings is 1. The molecular weight excluding hydrogens is 358 g/mol. The van der Waals surface area contributed by atoms with E-state index in [4.69, 9.17) is 9.47 Å². The van der Waals surface area contributed by atoms with E-state index in [1.807, 2.05) is 36.4 Å². The van der Waals surface area contributed by atoms with Crippen molar-refractivity contribution in [3.63, 3.8) is 0 Å². The molecule has 7 nitrogen and oxygen atoms in total. The van der Waals surface area contributed by atoms with E-state index in [1.54, 1.807) is 31.6 Å². The van der Waals surface area contributed by atoms with Gasteiger partial charge in [0.2, 0.25) is 11.8 Å². The topological polar surface area (TPSA) is 89.5 Å². The summed E-state index contributed by atoms with van der Waals surface area (Å²) in [5, 5.41) is 5.78. The molecule has 28 heavy (non-hydrogen) atoms. The van der Waals surface area contributed by atoms with Crippen molar-refractivity contribution >= 4 is 17.5 Å². The predicted molar refractivity (Wildman–Crippen MR) is 102 cm³/mol. The minimum atomic E-state index is -0.603. The lowest BCUT2D eigenvalue weighted by Crippen LogP contribution is -2.44. The van der Waals surface area contributed by atoms with Crippen LogP contribution in [0.25, 0.3) is 0 Å². The van der Waals surface area contributed by atoms with E-state index < -0.39 is 24.0 Å². The number of hydrogen-bond donors (Lipinski definition) is 2. The predicted octanol–water partition coefficient (Wildman–Crippen LogP) is 1.91. The Bertz CT molecular complexity index is 900. The molecule has 144 valence electrons. The van der Waals surface area contributed by atoms with Gasteiger partial charge >= 0.3 is 0 Å². The fourth-order valence-electron chi connectivity index (χ4n) is 3.71. The Morgan fingerprint density at radius 3 is 2.54 bits per heavy atom. The van der Waals surface area contributed by atoms with Crippen LogP contribution in [0.3, 0.4) is 0 Å². The Morgan fingerprint density at radius 1 is 1.07 bits per heavy atom.